The summed E-state index contributed by atoms with van der Waals surface area (Å²) >= 11 is 0. The molecule has 2 N–H and O–H groups in total. The van der Waals surface area contributed by atoms with Crippen LogP contribution in [0.5, 0.6) is 0 Å². The summed E-state index contributed by atoms with van der Waals surface area (Å²) in [6.07, 6.45) is 4.85. The van der Waals surface area contributed by atoms with E-state index in [1.54, 1.807) is 0 Å². The number of carbonyl (C=O) groups excluding carboxylic acids is 2. The van der Waals surface area contributed by atoms with Gasteiger partial charge in [0.2, 0.25) is 5.91 Å². The minimum atomic E-state index is -0.459. The maximum Gasteiger partial charge on any atom is 0.251 e. The van der Waals surface area contributed by atoms with Crippen molar-refractivity contribution >= 4 is 11.8 Å². The van der Waals surface area contributed by atoms with E-state index in [1.165, 1.54) is 0 Å². The first kappa shape index (κ1) is 14.8. The van der Waals surface area contributed by atoms with Crippen molar-refractivity contribution in [3.63, 3.8) is 0 Å². The summed E-state index contributed by atoms with van der Waals surface area (Å²) in [6.45, 7) is 9.99. The lowest BCUT2D eigenvalue weighted by atomic mass is 9.82. The van der Waals surface area contributed by atoms with Crippen LogP contribution < -0.4 is 5.73 Å². The van der Waals surface area contributed by atoms with Crippen molar-refractivity contribution in [2.45, 2.75) is 53.1 Å². The van der Waals surface area contributed by atoms with Crippen LogP contribution in [0.3, 0.4) is 0 Å². The minimum absolute atomic E-state index is 0.0117. The number of hydrogen-bond donors (Lipinski definition) is 1. The predicted octanol–water partition coefficient (Wildman–Crippen LogP) is 2.01. The van der Waals surface area contributed by atoms with Crippen molar-refractivity contribution in [1.29, 1.82) is 0 Å². The fraction of sp³-hybridized carbons (Fsp3) is 0.625. The van der Waals surface area contributed by atoms with E-state index in [-0.39, 0.29) is 29.3 Å². The standard InChI is InChI=1S/C16H24N2O2/c1-9(2)18(10(3)4)15(20)13-12(14(17)19)11-6-7-16(13,5)8-11/h6-7,9-11H,8H2,1-5H3,(H2,17,19). The van der Waals surface area contributed by atoms with Gasteiger partial charge in [-0.15, -0.1) is 0 Å². The van der Waals surface area contributed by atoms with Gasteiger partial charge in [-0.1, -0.05) is 19.1 Å². The number of fused-ring (bicyclic) bond motifs is 2. The highest BCUT2D eigenvalue weighted by Gasteiger charge is 2.49. The molecule has 0 saturated heterocycles. The molecule has 0 aromatic rings. The van der Waals surface area contributed by atoms with E-state index < -0.39 is 5.91 Å². The maximum absolute atomic E-state index is 13.0. The highest BCUT2D eigenvalue weighted by molar-refractivity contribution is 6.07. The first-order valence-electron chi connectivity index (χ1n) is 7.25. The van der Waals surface area contributed by atoms with Gasteiger partial charge in [0, 0.05) is 34.6 Å². The van der Waals surface area contributed by atoms with Crippen LogP contribution >= 0.6 is 0 Å². The summed E-state index contributed by atoms with van der Waals surface area (Å²) in [5, 5.41) is 0. The van der Waals surface area contributed by atoms with Gasteiger partial charge in [0.15, 0.2) is 0 Å². The van der Waals surface area contributed by atoms with E-state index in [2.05, 4.69) is 6.08 Å². The average molecular weight is 276 g/mol. The molecule has 0 aliphatic heterocycles. The fourth-order valence-electron chi connectivity index (χ4n) is 3.66. The molecule has 0 aromatic carbocycles. The van der Waals surface area contributed by atoms with E-state index in [9.17, 15) is 9.59 Å². The Bertz CT molecular complexity index is 509. The van der Waals surface area contributed by atoms with Crippen LogP contribution in [0.15, 0.2) is 23.3 Å². The van der Waals surface area contributed by atoms with E-state index in [1.807, 2.05) is 45.6 Å². The minimum Gasteiger partial charge on any atom is -0.366 e. The molecule has 2 rings (SSSR count). The van der Waals surface area contributed by atoms with Crippen LogP contribution in [0.2, 0.25) is 0 Å². The van der Waals surface area contributed by atoms with Crippen molar-refractivity contribution in [3.05, 3.63) is 23.3 Å². The van der Waals surface area contributed by atoms with Gasteiger partial charge < -0.3 is 10.6 Å². The quantitative estimate of drug-likeness (QED) is 0.798. The molecule has 0 heterocycles. The lowest BCUT2D eigenvalue weighted by molar-refractivity contribution is -0.131. The Morgan fingerprint density at radius 2 is 1.85 bits per heavy atom. The topological polar surface area (TPSA) is 63.4 Å². The van der Waals surface area contributed by atoms with Crippen LogP contribution in [0, 0.1) is 11.3 Å². The summed E-state index contributed by atoms with van der Waals surface area (Å²) in [7, 11) is 0. The number of nitrogens with two attached hydrogens (primary N) is 1. The van der Waals surface area contributed by atoms with Gasteiger partial charge in [0.1, 0.15) is 0 Å². The van der Waals surface area contributed by atoms with Crippen molar-refractivity contribution < 1.29 is 9.59 Å². The monoisotopic (exact) mass is 276 g/mol. The van der Waals surface area contributed by atoms with Gasteiger partial charge in [0.05, 0.1) is 0 Å². The predicted molar refractivity (Wildman–Crippen MR) is 78.7 cm³/mol. The molecule has 0 spiro atoms. The van der Waals surface area contributed by atoms with Crippen molar-refractivity contribution in [2.75, 3.05) is 0 Å². The summed E-state index contributed by atoms with van der Waals surface area (Å²) < 4.78 is 0. The zero-order chi connectivity index (χ0) is 15.2. The second-order valence-corrected chi connectivity index (χ2v) is 6.64. The molecule has 2 aliphatic rings. The van der Waals surface area contributed by atoms with Crippen molar-refractivity contribution in [1.82, 2.24) is 4.90 Å². The number of rotatable bonds is 4. The van der Waals surface area contributed by atoms with Gasteiger partial charge in [-0.3, -0.25) is 9.59 Å². The van der Waals surface area contributed by atoms with E-state index in [4.69, 9.17) is 5.73 Å². The molecule has 4 heteroatoms. The van der Waals surface area contributed by atoms with E-state index >= 15 is 0 Å². The Kier molecular flexibility index (Phi) is 3.53. The summed E-state index contributed by atoms with van der Waals surface area (Å²) in [4.78, 5) is 26.6. The molecular weight excluding hydrogens is 252 g/mol. The highest BCUT2D eigenvalue weighted by atomic mass is 16.2. The van der Waals surface area contributed by atoms with Crippen molar-refractivity contribution in [2.24, 2.45) is 17.1 Å². The first-order chi connectivity index (χ1) is 9.19. The number of carbonyl (C=O) groups is 2. The second kappa shape index (κ2) is 4.76. The molecule has 0 saturated carbocycles. The van der Waals surface area contributed by atoms with Crippen molar-refractivity contribution in [3.8, 4) is 0 Å². The molecular formula is C16H24N2O2. The first-order valence-corrected chi connectivity index (χ1v) is 7.25. The van der Waals surface area contributed by atoms with Crippen LogP contribution in [0.4, 0.5) is 0 Å². The molecule has 0 aromatic heterocycles. The van der Waals surface area contributed by atoms with Crippen LogP contribution in [-0.4, -0.2) is 28.8 Å². The molecule has 2 bridgehead atoms. The molecule has 2 atom stereocenters. The fourth-order valence-corrected chi connectivity index (χ4v) is 3.66. The molecule has 20 heavy (non-hydrogen) atoms. The second-order valence-electron chi connectivity index (χ2n) is 6.64. The molecule has 0 fully saturated rings. The Morgan fingerprint density at radius 3 is 2.30 bits per heavy atom. The molecule has 2 aliphatic carbocycles. The smallest absolute Gasteiger partial charge is 0.251 e. The number of amides is 2. The lowest BCUT2D eigenvalue weighted by Crippen LogP contribution is -2.45. The van der Waals surface area contributed by atoms with Gasteiger partial charge in [-0.2, -0.15) is 0 Å². The molecule has 0 radical (unpaired) electrons. The molecule has 4 nitrogen and oxygen atoms in total. The van der Waals surface area contributed by atoms with Gasteiger partial charge in [-0.25, -0.2) is 0 Å². The summed E-state index contributed by atoms with van der Waals surface area (Å²) in [6, 6.07) is 0.187. The SMILES string of the molecule is CC(C)N(C(=O)C1=C(C(N)=O)C2C=CC1(C)C2)C(C)C. The molecule has 2 unspecified atom stereocenters. The maximum atomic E-state index is 13.0. The van der Waals surface area contributed by atoms with E-state index in [0.29, 0.717) is 11.1 Å². The third-order valence-electron chi connectivity index (χ3n) is 4.38. The highest BCUT2D eigenvalue weighted by Crippen LogP contribution is 2.53. The third-order valence-corrected chi connectivity index (χ3v) is 4.38. The number of nitrogens with zero attached hydrogens (tertiary/aromatic N) is 1. The Hall–Kier alpha value is -1.58. The zero-order valence-corrected chi connectivity index (χ0v) is 12.9. The van der Waals surface area contributed by atoms with Gasteiger partial charge >= 0.3 is 0 Å². The normalized spacial score (nSPS) is 27.9. The summed E-state index contributed by atoms with van der Waals surface area (Å²) in [5.74, 6) is -0.491. The van der Waals surface area contributed by atoms with Crippen LogP contribution in [-0.2, 0) is 9.59 Å². The van der Waals surface area contributed by atoms with E-state index in [0.717, 1.165) is 6.42 Å². The largest absolute Gasteiger partial charge is 0.366 e. The van der Waals surface area contributed by atoms with Crippen LogP contribution in [0.1, 0.15) is 41.0 Å². The summed E-state index contributed by atoms with van der Waals surface area (Å²) in [5.41, 5.74) is 6.31. The molecule has 110 valence electrons. The Labute approximate surface area is 120 Å². The van der Waals surface area contributed by atoms with Crippen LogP contribution in [0.25, 0.3) is 0 Å². The van der Waals surface area contributed by atoms with Gasteiger partial charge in [-0.05, 0) is 34.1 Å². The Balaban J connectivity index is 2.49. The van der Waals surface area contributed by atoms with Gasteiger partial charge in [0.25, 0.3) is 5.91 Å². The zero-order valence-electron chi connectivity index (χ0n) is 12.9. The number of primary amides is 1. The lowest BCUT2D eigenvalue weighted by Gasteiger charge is -2.35. The third kappa shape index (κ3) is 2.07. The average Bonchev–Trinajstić information content (AvgIpc) is 2.80. The number of allylic oxidation sites excluding steroid dienone is 2. The number of hydrogen-bond acceptors (Lipinski definition) is 2. The molecule has 2 amide bonds. The Morgan fingerprint density at radius 1 is 1.30 bits per heavy atom.